The average Bonchev–Trinajstić information content (AvgIpc) is 2.93. The van der Waals surface area contributed by atoms with E-state index < -0.39 is 11.6 Å². The van der Waals surface area contributed by atoms with Gasteiger partial charge in [0.1, 0.15) is 0 Å². The molecule has 0 radical (unpaired) electrons. The summed E-state index contributed by atoms with van der Waals surface area (Å²) < 4.78 is 30.1. The molecular formula is C12H13FN2O3. The van der Waals surface area contributed by atoms with E-state index in [0.29, 0.717) is 18.1 Å². The summed E-state index contributed by atoms with van der Waals surface area (Å²) in [6.45, 7) is 1.46. The van der Waals surface area contributed by atoms with Gasteiger partial charge in [-0.2, -0.15) is 0 Å². The number of fused-ring (bicyclic) bond motifs is 1. The number of amidine groups is 1. The molecule has 2 heterocycles. The van der Waals surface area contributed by atoms with Gasteiger partial charge in [-0.15, -0.1) is 0 Å². The Balaban J connectivity index is 1.97. The summed E-state index contributed by atoms with van der Waals surface area (Å²) in [4.78, 5) is 4.28. The standard InChI is InChI=1S/C12H13FN2O3/c1-16-12(11-14-5-6-15-11)7-17-10-8(13)3-2-4-9(10)18-12/h2-4H,5-7H2,1H3,(H,14,15). The zero-order chi connectivity index (χ0) is 12.6. The summed E-state index contributed by atoms with van der Waals surface area (Å²) in [6.07, 6.45) is 0. The van der Waals surface area contributed by atoms with E-state index in [1.165, 1.54) is 13.2 Å². The van der Waals surface area contributed by atoms with Crippen LogP contribution < -0.4 is 14.8 Å². The predicted octanol–water partition coefficient (Wildman–Crippen LogP) is 0.941. The van der Waals surface area contributed by atoms with Gasteiger partial charge in [0.05, 0.1) is 6.54 Å². The fourth-order valence-corrected chi connectivity index (χ4v) is 2.05. The van der Waals surface area contributed by atoms with E-state index in [-0.39, 0.29) is 12.4 Å². The molecule has 1 aromatic carbocycles. The fraction of sp³-hybridized carbons (Fsp3) is 0.417. The summed E-state index contributed by atoms with van der Waals surface area (Å²) in [7, 11) is 1.51. The van der Waals surface area contributed by atoms with Gasteiger partial charge >= 0.3 is 5.79 Å². The lowest BCUT2D eigenvalue weighted by Crippen LogP contribution is -2.57. The van der Waals surface area contributed by atoms with Crippen molar-refractivity contribution in [3.05, 3.63) is 24.0 Å². The van der Waals surface area contributed by atoms with Gasteiger partial charge in [-0.3, -0.25) is 4.99 Å². The lowest BCUT2D eigenvalue weighted by Gasteiger charge is -2.36. The number of ether oxygens (including phenoxy) is 3. The maximum atomic E-state index is 13.5. The number of nitrogens with zero attached hydrogens (tertiary/aromatic N) is 1. The number of benzene rings is 1. The first-order chi connectivity index (χ1) is 8.75. The quantitative estimate of drug-likeness (QED) is 0.851. The van der Waals surface area contributed by atoms with Crippen LogP contribution in [0.1, 0.15) is 0 Å². The van der Waals surface area contributed by atoms with Gasteiger partial charge in [0.2, 0.25) is 0 Å². The van der Waals surface area contributed by atoms with Crippen molar-refractivity contribution in [3.63, 3.8) is 0 Å². The van der Waals surface area contributed by atoms with Gasteiger partial charge in [0.25, 0.3) is 0 Å². The minimum Gasteiger partial charge on any atom is -0.479 e. The van der Waals surface area contributed by atoms with Crippen LogP contribution in [0.15, 0.2) is 23.2 Å². The smallest absolute Gasteiger partial charge is 0.303 e. The third kappa shape index (κ3) is 1.60. The van der Waals surface area contributed by atoms with Gasteiger partial charge in [-0.1, -0.05) is 6.07 Å². The van der Waals surface area contributed by atoms with Crippen molar-refractivity contribution in [3.8, 4) is 11.5 Å². The second-order valence-electron chi connectivity index (χ2n) is 4.07. The summed E-state index contributed by atoms with van der Waals surface area (Å²) in [5, 5.41) is 3.09. The van der Waals surface area contributed by atoms with Crippen LogP contribution in [-0.4, -0.2) is 38.4 Å². The van der Waals surface area contributed by atoms with Gasteiger partial charge in [-0.05, 0) is 12.1 Å². The first-order valence-corrected chi connectivity index (χ1v) is 5.69. The van der Waals surface area contributed by atoms with Gasteiger partial charge in [0, 0.05) is 13.7 Å². The molecule has 0 saturated carbocycles. The van der Waals surface area contributed by atoms with Crippen molar-refractivity contribution in [1.82, 2.24) is 5.32 Å². The minimum absolute atomic E-state index is 0.0588. The monoisotopic (exact) mass is 252 g/mol. The molecule has 1 atom stereocenters. The molecule has 96 valence electrons. The topological polar surface area (TPSA) is 52.1 Å². The molecular weight excluding hydrogens is 239 g/mol. The zero-order valence-corrected chi connectivity index (χ0v) is 9.90. The zero-order valence-electron chi connectivity index (χ0n) is 9.90. The average molecular weight is 252 g/mol. The Bertz CT molecular complexity index is 506. The molecule has 0 spiro atoms. The number of hydrogen-bond donors (Lipinski definition) is 1. The van der Waals surface area contributed by atoms with Crippen LogP contribution in [0.3, 0.4) is 0 Å². The van der Waals surface area contributed by atoms with Crippen LogP contribution in [0, 0.1) is 5.82 Å². The molecule has 2 aliphatic heterocycles. The summed E-state index contributed by atoms with van der Waals surface area (Å²) in [5.41, 5.74) is 0. The van der Waals surface area contributed by atoms with Crippen molar-refractivity contribution >= 4 is 5.84 Å². The minimum atomic E-state index is -1.11. The van der Waals surface area contributed by atoms with Crippen LogP contribution >= 0.6 is 0 Å². The van der Waals surface area contributed by atoms with Crippen molar-refractivity contribution in [2.75, 3.05) is 26.8 Å². The SMILES string of the molecule is COC1(C2=NCCN2)COc2c(F)cccc2O1. The molecule has 3 rings (SSSR count). The van der Waals surface area contributed by atoms with E-state index in [4.69, 9.17) is 14.2 Å². The molecule has 0 bridgehead atoms. The van der Waals surface area contributed by atoms with Crippen molar-refractivity contribution in [2.45, 2.75) is 5.79 Å². The number of nitrogens with one attached hydrogen (secondary N) is 1. The fourth-order valence-electron chi connectivity index (χ4n) is 2.05. The number of hydrogen-bond acceptors (Lipinski definition) is 5. The summed E-state index contributed by atoms with van der Waals surface area (Å²) in [5.74, 6) is -0.543. The van der Waals surface area contributed by atoms with E-state index in [1.54, 1.807) is 12.1 Å². The molecule has 0 aromatic heterocycles. The van der Waals surface area contributed by atoms with Crippen LogP contribution in [0.2, 0.25) is 0 Å². The van der Waals surface area contributed by atoms with Crippen LogP contribution in [0.4, 0.5) is 4.39 Å². The third-order valence-electron chi connectivity index (χ3n) is 2.98. The van der Waals surface area contributed by atoms with E-state index in [0.717, 1.165) is 6.54 Å². The predicted molar refractivity (Wildman–Crippen MR) is 62.6 cm³/mol. The number of aliphatic imine (C=N–C) groups is 1. The molecule has 1 N–H and O–H groups in total. The highest BCUT2D eigenvalue weighted by Gasteiger charge is 2.45. The van der Waals surface area contributed by atoms with Crippen LogP contribution in [-0.2, 0) is 4.74 Å². The molecule has 2 aliphatic rings. The van der Waals surface area contributed by atoms with Crippen LogP contribution in [0.5, 0.6) is 11.5 Å². The molecule has 18 heavy (non-hydrogen) atoms. The Kier molecular flexibility index (Phi) is 2.59. The normalized spacial score (nSPS) is 25.6. The first kappa shape index (κ1) is 11.3. The molecule has 0 aliphatic carbocycles. The highest BCUT2D eigenvalue weighted by Crippen LogP contribution is 2.38. The molecule has 1 aromatic rings. The maximum Gasteiger partial charge on any atom is 0.303 e. The third-order valence-corrected chi connectivity index (χ3v) is 2.98. The van der Waals surface area contributed by atoms with Gasteiger partial charge in [-0.25, -0.2) is 4.39 Å². The highest BCUT2D eigenvalue weighted by molar-refractivity contribution is 5.91. The molecule has 0 amide bonds. The maximum absolute atomic E-state index is 13.5. The summed E-state index contributed by atoms with van der Waals surface area (Å²) >= 11 is 0. The molecule has 0 saturated heterocycles. The van der Waals surface area contributed by atoms with Crippen molar-refractivity contribution in [2.24, 2.45) is 4.99 Å². The summed E-state index contributed by atoms with van der Waals surface area (Å²) in [6, 6.07) is 4.53. The molecule has 0 fully saturated rings. The van der Waals surface area contributed by atoms with Crippen molar-refractivity contribution in [1.29, 1.82) is 0 Å². The Morgan fingerprint density at radius 3 is 3.11 bits per heavy atom. The van der Waals surface area contributed by atoms with Gasteiger partial charge in [0.15, 0.2) is 29.8 Å². The van der Waals surface area contributed by atoms with Crippen LogP contribution in [0.25, 0.3) is 0 Å². The Morgan fingerprint density at radius 2 is 2.39 bits per heavy atom. The van der Waals surface area contributed by atoms with Crippen molar-refractivity contribution < 1.29 is 18.6 Å². The first-order valence-electron chi connectivity index (χ1n) is 5.69. The van der Waals surface area contributed by atoms with E-state index in [1.807, 2.05) is 0 Å². The van der Waals surface area contributed by atoms with E-state index in [9.17, 15) is 4.39 Å². The Labute approximate surface area is 104 Å². The molecule has 6 heteroatoms. The number of halogens is 1. The number of para-hydroxylation sites is 1. The second-order valence-corrected chi connectivity index (χ2v) is 4.07. The van der Waals surface area contributed by atoms with Gasteiger partial charge < -0.3 is 19.5 Å². The largest absolute Gasteiger partial charge is 0.479 e. The number of rotatable bonds is 2. The van der Waals surface area contributed by atoms with E-state index in [2.05, 4.69) is 10.3 Å². The lowest BCUT2D eigenvalue weighted by molar-refractivity contribution is -0.146. The second kappa shape index (κ2) is 4.13. The van der Waals surface area contributed by atoms with E-state index >= 15 is 0 Å². The number of methoxy groups -OCH3 is 1. The highest BCUT2D eigenvalue weighted by atomic mass is 19.1. The Hall–Kier alpha value is -1.82. The molecule has 5 nitrogen and oxygen atoms in total. The lowest BCUT2D eigenvalue weighted by atomic mass is 10.2. The Morgan fingerprint density at radius 1 is 1.50 bits per heavy atom. The molecule has 1 unspecified atom stereocenters.